The molecular weight excluding hydrogens is 334 g/mol. The van der Waals surface area contributed by atoms with E-state index in [9.17, 15) is 4.79 Å². The minimum absolute atomic E-state index is 0.166. The molecule has 4 rings (SSSR count). The van der Waals surface area contributed by atoms with E-state index in [1.807, 2.05) is 18.2 Å². The molecule has 1 N–H and O–H groups in total. The van der Waals surface area contributed by atoms with Crippen LogP contribution in [0.4, 0.5) is 5.69 Å². The van der Waals surface area contributed by atoms with Crippen molar-refractivity contribution in [1.82, 2.24) is 29.5 Å². The van der Waals surface area contributed by atoms with Gasteiger partial charge in [0.1, 0.15) is 12.0 Å². The number of rotatable bonds is 4. The lowest BCUT2D eigenvalue weighted by molar-refractivity contribution is 0.102. The second-order valence-corrected chi connectivity index (χ2v) is 5.67. The summed E-state index contributed by atoms with van der Waals surface area (Å²) in [5.41, 5.74) is 2.65. The fourth-order valence-corrected chi connectivity index (χ4v) is 2.50. The molecule has 4 heterocycles. The number of nitrogens with zero attached hydrogens (tertiary/aromatic N) is 6. The third-order valence-corrected chi connectivity index (χ3v) is 3.67. The molecule has 0 radical (unpaired) electrons. The number of oxazole rings is 1. The summed E-state index contributed by atoms with van der Waals surface area (Å²) in [4.78, 5) is 21.0. The minimum atomic E-state index is -0.394. The second kappa shape index (κ2) is 6.28. The number of anilines is 1. The summed E-state index contributed by atoms with van der Waals surface area (Å²) < 4.78 is 8.63. The quantitative estimate of drug-likeness (QED) is 0.605. The number of aryl methyl sites for hydroxylation is 2. The molecular formula is C17H15N7O2. The van der Waals surface area contributed by atoms with E-state index in [-0.39, 0.29) is 5.69 Å². The van der Waals surface area contributed by atoms with Crippen LogP contribution in [0.1, 0.15) is 10.5 Å². The van der Waals surface area contributed by atoms with Crippen molar-refractivity contribution in [3.05, 3.63) is 54.9 Å². The molecule has 26 heavy (non-hydrogen) atoms. The zero-order valence-corrected chi connectivity index (χ0v) is 14.1. The molecule has 0 saturated carbocycles. The van der Waals surface area contributed by atoms with Gasteiger partial charge in [0, 0.05) is 32.7 Å². The van der Waals surface area contributed by atoms with Gasteiger partial charge in [0.05, 0.1) is 23.1 Å². The van der Waals surface area contributed by atoms with Gasteiger partial charge in [-0.2, -0.15) is 10.2 Å². The molecule has 0 aliphatic heterocycles. The van der Waals surface area contributed by atoms with Crippen LogP contribution in [0, 0.1) is 0 Å². The van der Waals surface area contributed by atoms with E-state index in [1.54, 1.807) is 48.2 Å². The van der Waals surface area contributed by atoms with Crippen LogP contribution < -0.4 is 5.32 Å². The SMILES string of the molecule is Cn1cc(-c2nc(C(=O)Nc3cn(C)nc3-c3ccccn3)co2)cn1. The maximum absolute atomic E-state index is 12.5. The Balaban J connectivity index is 1.59. The van der Waals surface area contributed by atoms with Crippen molar-refractivity contribution in [1.29, 1.82) is 0 Å². The summed E-state index contributed by atoms with van der Waals surface area (Å²) in [6.07, 6.45) is 8.08. The lowest BCUT2D eigenvalue weighted by atomic mass is 10.2. The van der Waals surface area contributed by atoms with E-state index in [4.69, 9.17) is 4.42 Å². The summed E-state index contributed by atoms with van der Waals surface area (Å²) in [5, 5.41) is 11.2. The topological polar surface area (TPSA) is 104 Å². The van der Waals surface area contributed by atoms with Crippen LogP contribution in [-0.2, 0) is 14.1 Å². The van der Waals surface area contributed by atoms with Gasteiger partial charge in [-0.15, -0.1) is 0 Å². The predicted octanol–water partition coefficient (Wildman–Crippen LogP) is 2.12. The fourth-order valence-electron chi connectivity index (χ4n) is 2.50. The lowest BCUT2D eigenvalue weighted by Crippen LogP contribution is -2.12. The monoisotopic (exact) mass is 349 g/mol. The average Bonchev–Trinajstić information content (AvgIpc) is 3.35. The van der Waals surface area contributed by atoms with Gasteiger partial charge in [0.2, 0.25) is 5.89 Å². The highest BCUT2D eigenvalue weighted by atomic mass is 16.3. The van der Waals surface area contributed by atoms with E-state index in [2.05, 4.69) is 25.5 Å². The van der Waals surface area contributed by atoms with Crippen molar-refractivity contribution in [2.45, 2.75) is 0 Å². The van der Waals surface area contributed by atoms with Crippen molar-refractivity contribution in [2.24, 2.45) is 14.1 Å². The first-order valence-corrected chi connectivity index (χ1v) is 7.81. The minimum Gasteiger partial charge on any atom is -0.444 e. The molecule has 4 aromatic heterocycles. The number of hydrogen-bond donors (Lipinski definition) is 1. The van der Waals surface area contributed by atoms with E-state index in [0.717, 1.165) is 0 Å². The van der Waals surface area contributed by atoms with Crippen LogP contribution in [0.15, 0.2) is 53.7 Å². The second-order valence-electron chi connectivity index (χ2n) is 5.67. The van der Waals surface area contributed by atoms with Crippen LogP contribution in [0.5, 0.6) is 0 Å². The van der Waals surface area contributed by atoms with Gasteiger partial charge in [0.25, 0.3) is 5.91 Å². The fraction of sp³-hybridized carbons (Fsp3) is 0.118. The number of aromatic nitrogens is 6. The first-order valence-electron chi connectivity index (χ1n) is 7.81. The van der Waals surface area contributed by atoms with Gasteiger partial charge in [-0.25, -0.2) is 4.98 Å². The van der Waals surface area contributed by atoms with Gasteiger partial charge < -0.3 is 9.73 Å². The zero-order chi connectivity index (χ0) is 18.1. The Hall–Kier alpha value is -3.75. The highest BCUT2D eigenvalue weighted by Crippen LogP contribution is 2.25. The molecule has 0 aromatic carbocycles. The molecule has 9 heteroatoms. The molecule has 130 valence electrons. The summed E-state index contributed by atoms with van der Waals surface area (Å²) in [5.74, 6) is -0.0616. The van der Waals surface area contributed by atoms with Gasteiger partial charge in [-0.3, -0.25) is 19.1 Å². The third-order valence-electron chi connectivity index (χ3n) is 3.67. The molecule has 0 spiro atoms. The molecule has 0 unspecified atom stereocenters. The molecule has 1 amide bonds. The van der Waals surface area contributed by atoms with E-state index in [0.29, 0.717) is 28.5 Å². The Morgan fingerprint density at radius 2 is 2.08 bits per heavy atom. The van der Waals surface area contributed by atoms with Gasteiger partial charge in [0.15, 0.2) is 5.69 Å². The standard InChI is InChI=1S/C17H15N7O2/c1-23-8-11(7-19-23)17-21-14(10-26-17)16(25)20-13-9-24(2)22-15(13)12-5-3-4-6-18-12/h3-10H,1-2H3,(H,20,25). The Labute approximate surface area is 148 Å². The summed E-state index contributed by atoms with van der Waals surface area (Å²) in [7, 11) is 3.57. The normalized spacial score (nSPS) is 10.8. The van der Waals surface area contributed by atoms with Crippen molar-refractivity contribution in [3.8, 4) is 22.8 Å². The highest BCUT2D eigenvalue weighted by molar-refractivity contribution is 6.04. The third kappa shape index (κ3) is 2.97. The Morgan fingerprint density at radius 3 is 2.81 bits per heavy atom. The Kier molecular flexibility index (Phi) is 3.81. The Bertz CT molecular complexity index is 1060. The highest BCUT2D eigenvalue weighted by Gasteiger charge is 2.18. The Morgan fingerprint density at radius 1 is 1.19 bits per heavy atom. The predicted molar refractivity (Wildman–Crippen MR) is 93.1 cm³/mol. The molecule has 0 saturated heterocycles. The van der Waals surface area contributed by atoms with Crippen molar-refractivity contribution >= 4 is 11.6 Å². The van der Waals surface area contributed by atoms with Gasteiger partial charge in [-0.1, -0.05) is 6.07 Å². The van der Waals surface area contributed by atoms with E-state index < -0.39 is 5.91 Å². The summed E-state index contributed by atoms with van der Waals surface area (Å²) in [6, 6.07) is 5.51. The number of nitrogens with one attached hydrogen (secondary N) is 1. The zero-order valence-electron chi connectivity index (χ0n) is 14.1. The van der Waals surface area contributed by atoms with Crippen LogP contribution >= 0.6 is 0 Å². The van der Waals surface area contributed by atoms with Crippen LogP contribution in [0.3, 0.4) is 0 Å². The van der Waals surface area contributed by atoms with Gasteiger partial charge in [-0.05, 0) is 12.1 Å². The number of carbonyl (C=O) groups is 1. The van der Waals surface area contributed by atoms with Crippen LogP contribution in [-0.4, -0.2) is 35.4 Å². The lowest BCUT2D eigenvalue weighted by Gasteiger charge is -2.02. The van der Waals surface area contributed by atoms with Crippen molar-refractivity contribution in [2.75, 3.05) is 5.32 Å². The maximum atomic E-state index is 12.5. The molecule has 9 nitrogen and oxygen atoms in total. The molecule has 0 aliphatic rings. The first kappa shape index (κ1) is 15.8. The van der Waals surface area contributed by atoms with Gasteiger partial charge >= 0.3 is 0 Å². The number of pyridine rings is 1. The van der Waals surface area contributed by atoms with E-state index >= 15 is 0 Å². The average molecular weight is 349 g/mol. The van der Waals surface area contributed by atoms with Crippen LogP contribution in [0.25, 0.3) is 22.8 Å². The summed E-state index contributed by atoms with van der Waals surface area (Å²) in [6.45, 7) is 0. The largest absolute Gasteiger partial charge is 0.444 e. The number of hydrogen-bond acceptors (Lipinski definition) is 6. The van der Waals surface area contributed by atoms with E-state index in [1.165, 1.54) is 6.26 Å². The molecule has 0 aliphatic carbocycles. The number of amides is 1. The smallest absolute Gasteiger partial charge is 0.277 e. The van der Waals surface area contributed by atoms with Crippen molar-refractivity contribution < 1.29 is 9.21 Å². The molecule has 4 aromatic rings. The molecule has 0 fully saturated rings. The summed E-state index contributed by atoms with van der Waals surface area (Å²) >= 11 is 0. The maximum Gasteiger partial charge on any atom is 0.277 e. The van der Waals surface area contributed by atoms with Crippen molar-refractivity contribution in [3.63, 3.8) is 0 Å². The molecule has 0 bridgehead atoms. The number of carbonyl (C=O) groups excluding carboxylic acids is 1. The first-order chi connectivity index (χ1) is 12.6. The van der Waals surface area contributed by atoms with Crippen LogP contribution in [0.2, 0.25) is 0 Å². The molecule has 0 atom stereocenters.